The molecule has 0 atom stereocenters. The molecule has 1 aromatic heterocycles. The number of aromatic amines is 1. The molecule has 3 N–H and O–H groups in total. The molecule has 0 spiro atoms. The number of nitrogens with zero attached hydrogens (tertiary/aromatic N) is 2. The summed E-state index contributed by atoms with van der Waals surface area (Å²) in [6, 6.07) is 6.83. The van der Waals surface area contributed by atoms with E-state index in [4.69, 9.17) is 0 Å². The van der Waals surface area contributed by atoms with E-state index in [1.807, 2.05) is 13.0 Å². The van der Waals surface area contributed by atoms with Crippen molar-refractivity contribution in [2.24, 2.45) is 0 Å². The second-order valence-electron chi connectivity index (χ2n) is 6.04. The Hall–Kier alpha value is -1.90. The van der Waals surface area contributed by atoms with E-state index in [-0.39, 0.29) is 4.90 Å². The van der Waals surface area contributed by atoms with Gasteiger partial charge in [-0.05, 0) is 38.0 Å². The number of aliphatic hydroxyl groups is 1. The van der Waals surface area contributed by atoms with Gasteiger partial charge < -0.3 is 10.4 Å². The summed E-state index contributed by atoms with van der Waals surface area (Å²) in [5.41, 5.74) is 2.76. The van der Waals surface area contributed by atoms with Crippen LogP contribution in [0.4, 0.5) is 5.69 Å². The van der Waals surface area contributed by atoms with Crippen LogP contribution in [0.5, 0.6) is 0 Å². The third-order valence-corrected chi connectivity index (χ3v) is 6.21. The maximum Gasteiger partial charge on any atom is 0.243 e. The summed E-state index contributed by atoms with van der Waals surface area (Å²) in [4.78, 5) is 0.271. The quantitative estimate of drug-likeness (QED) is 0.759. The van der Waals surface area contributed by atoms with Crippen molar-refractivity contribution in [3.05, 3.63) is 41.7 Å². The molecular weight excluding hydrogens is 328 g/mol. The Morgan fingerprint density at radius 1 is 1.38 bits per heavy atom. The van der Waals surface area contributed by atoms with Crippen molar-refractivity contribution in [1.82, 2.24) is 14.5 Å². The molecule has 0 unspecified atom stereocenters. The zero-order valence-electron chi connectivity index (χ0n) is 13.6. The Balaban J connectivity index is 1.73. The fourth-order valence-corrected chi connectivity index (χ4v) is 4.27. The van der Waals surface area contributed by atoms with Crippen LogP contribution in [0.15, 0.2) is 35.4 Å². The Morgan fingerprint density at radius 2 is 2.12 bits per heavy atom. The monoisotopic (exact) mass is 350 g/mol. The minimum absolute atomic E-state index is 0.271. The first-order valence-corrected chi connectivity index (χ1v) is 9.42. The molecule has 3 rings (SSSR count). The number of aliphatic hydroxyl groups excluding tert-OH is 1. The van der Waals surface area contributed by atoms with Crippen molar-refractivity contribution in [3.63, 3.8) is 0 Å². The van der Waals surface area contributed by atoms with Crippen molar-refractivity contribution in [2.75, 3.05) is 18.4 Å². The molecule has 0 aliphatic carbocycles. The fourth-order valence-electron chi connectivity index (χ4n) is 2.75. The van der Waals surface area contributed by atoms with Crippen molar-refractivity contribution < 1.29 is 13.5 Å². The molecule has 0 amide bonds. The molecule has 1 aromatic carbocycles. The predicted molar refractivity (Wildman–Crippen MR) is 91.1 cm³/mol. The third kappa shape index (κ3) is 3.61. The maximum absolute atomic E-state index is 12.7. The topological polar surface area (TPSA) is 98.3 Å². The molecule has 8 heteroatoms. The van der Waals surface area contributed by atoms with Crippen LogP contribution in [0.2, 0.25) is 0 Å². The number of benzene rings is 1. The summed E-state index contributed by atoms with van der Waals surface area (Å²) < 4.78 is 26.9. The Bertz CT molecular complexity index is 795. The van der Waals surface area contributed by atoms with Gasteiger partial charge in [-0.15, -0.1) is 0 Å². The molecule has 1 saturated heterocycles. The van der Waals surface area contributed by atoms with Crippen LogP contribution in [0, 0.1) is 6.92 Å². The predicted octanol–water partition coefficient (Wildman–Crippen LogP) is 1.48. The van der Waals surface area contributed by atoms with Crippen LogP contribution in [-0.4, -0.2) is 47.2 Å². The highest BCUT2D eigenvalue weighted by atomic mass is 32.2. The van der Waals surface area contributed by atoms with Crippen LogP contribution < -0.4 is 5.32 Å². The Labute approximate surface area is 141 Å². The average Bonchev–Trinajstić information content (AvgIpc) is 2.99. The first-order chi connectivity index (χ1) is 11.5. The first-order valence-electron chi connectivity index (χ1n) is 7.98. The van der Waals surface area contributed by atoms with Crippen molar-refractivity contribution in [1.29, 1.82) is 0 Å². The number of aromatic nitrogens is 2. The van der Waals surface area contributed by atoms with Gasteiger partial charge in [-0.25, -0.2) is 8.42 Å². The van der Waals surface area contributed by atoms with E-state index in [0.717, 1.165) is 16.9 Å². The number of H-pyrrole nitrogens is 1. The number of rotatable bonds is 5. The molecular formula is C16H22N4O3S. The molecule has 130 valence electrons. The van der Waals surface area contributed by atoms with Gasteiger partial charge in [0.25, 0.3) is 0 Å². The normalized spacial score (nSPS) is 17.1. The SMILES string of the molecule is Cc1[nH]ncc1CNc1cccc(S(=O)(=O)N2CCC(O)CC2)c1. The summed E-state index contributed by atoms with van der Waals surface area (Å²) in [7, 11) is -3.52. The summed E-state index contributed by atoms with van der Waals surface area (Å²) in [5.74, 6) is 0. The van der Waals surface area contributed by atoms with Crippen LogP contribution >= 0.6 is 0 Å². The Morgan fingerprint density at radius 3 is 2.79 bits per heavy atom. The number of hydrogen-bond donors (Lipinski definition) is 3. The van der Waals surface area contributed by atoms with E-state index < -0.39 is 16.1 Å². The van der Waals surface area contributed by atoms with Crippen molar-refractivity contribution in [3.8, 4) is 0 Å². The smallest absolute Gasteiger partial charge is 0.243 e. The molecule has 7 nitrogen and oxygen atoms in total. The molecule has 2 heterocycles. The summed E-state index contributed by atoms with van der Waals surface area (Å²) >= 11 is 0. The minimum atomic E-state index is -3.52. The van der Waals surface area contributed by atoms with Crippen LogP contribution in [0.25, 0.3) is 0 Å². The van der Waals surface area contributed by atoms with Gasteiger partial charge >= 0.3 is 0 Å². The van der Waals surface area contributed by atoms with E-state index in [1.54, 1.807) is 24.4 Å². The average molecular weight is 350 g/mol. The molecule has 0 saturated carbocycles. The zero-order valence-corrected chi connectivity index (χ0v) is 14.4. The van der Waals surface area contributed by atoms with E-state index in [1.165, 1.54) is 4.31 Å². The lowest BCUT2D eigenvalue weighted by Gasteiger charge is -2.28. The molecule has 0 radical (unpaired) electrons. The number of nitrogens with one attached hydrogen (secondary N) is 2. The van der Waals surface area contributed by atoms with Crippen molar-refractivity contribution >= 4 is 15.7 Å². The highest BCUT2D eigenvalue weighted by Crippen LogP contribution is 2.23. The third-order valence-electron chi connectivity index (χ3n) is 4.31. The largest absolute Gasteiger partial charge is 0.393 e. The molecule has 24 heavy (non-hydrogen) atoms. The van der Waals surface area contributed by atoms with E-state index in [0.29, 0.717) is 32.5 Å². The van der Waals surface area contributed by atoms with Crippen molar-refractivity contribution in [2.45, 2.75) is 37.3 Å². The minimum Gasteiger partial charge on any atom is -0.393 e. The van der Waals surface area contributed by atoms with Crippen LogP contribution in [0.3, 0.4) is 0 Å². The molecule has 1 fully saturated rings. The van der Waals surface area contributed by atoms with Gasteiger partial charge in [0, 0.05) is 36.6 Å². The summed E-state index contributed by atoms with van der Waals surface area (Å²) in [5, 5.41) is 19.6. The Kier molecular flexibility index (Phi) is 4.88. The second-order valence-corrected chi connectivity index (χ2v) is 7.97. The van der Waals surface area contributed by atoms with Gasteiger partial charge in [-0.2, -0.15) is 9.40 Å². The van der Waals surface area contributed by atoms with Gasteiger partial charge in [-0.1, -0.05) is 6.07 Å². The highest BCUT2D eigenvalue weighted by Gasteiger charge is 2.28. The molecule has 2 aromatic rings. The lowest BCUT2D eigenvalue weighted by atomic mass is 10.1. The highest BCUT2D eigenvalue weighted by molar-refractivity contribution is 7.89. The number of anilines is 1. The van der Waals surface area contributed by atoms with Gasteiger partial charge in [0.1, 0.15) is 0 Å². The lowest BCUT2D eigenvalue weighted by molar-refractivity contribution is 0.113. The first kappa shape index (κ1) is 16.9. The molecule has 0 bridgehead atoms. The standard InChI is InChI=1S/C16H22N4O3S/c1-12-13(11-18-19-12)10-17-14-3-2-4-16(9-14)24(22,23)20-7-5-15(21)6-8-20/h2-4,9,11,15,17,21H,5-8,10H2,1H3,(H,18,19). The van der Waals surface area contributed by atoms with Gasteiger partial charge in [-0.3, -0.25) is 5.10 Å². The second kappa shape index (κ2) is 6.92. The van der Waals surface area contributed by atoms with Gasteiger partial charge in [0.05, 0.1) is 17.2 Å². The van der Waals surface area contributed by atoms with Crippen LogP contribution in [0.1, 0.15) is 24.1 Å². The number of piperidine rings is 1. The van der Waals surface area contributed by atoms with E-state index in [9.17, 15) is 13.5 Å². The van der Waals surface area contributed by atoms with Crippen LogP contribution in [-0.2, 0) is 16.6 Å². The number of aryl methyl sites for hydroxylation is 1. The van der Waals surface area contributed by atoms with Gasteiger partial charge in [0.2, 0.25) is 10.0 Å². The van der Waals surface area contributed by atoms with E-state index in [2.05, 4.69) is 15.5 Å². The summed E-state index contributed by atoms with van der Waals surface area (Å²) in [6.07, 6.45) is 2.32. The fraction of sp³-hybridized carbons (Fsp3) is 0.438. The van der Waals surface area contributed by atoms with Gasteiger partial charge in [0.15, 0.2) is 0 Å². The number of sulfonamides is 1. The molecule has 1 aliphatic rings. The molecule has 1 aliphatic heterocycles. The summed E-state index contributed by atoms with van der Waals surface area (Å²) in [6.45, 7) is 3.22. The zero-order chi connectivity index (χ0) is 17.2. The number of hydrogen-bond acceptors (Lipinski definition) is 5. The lowest BCUT2D eigenvalue weighted by Crippen LogP contribution is -2.39. The maximum atomic E-state index is 12.7. The van der Waals surface area contributed by atoms with E-state index >= 15 is 0 Å².